The zero-order valence-corrected chi connectivity index (χ0v) is 12.1. The van der Waals surface area contributed by atoms with Crippen LogP contribution in [-0.2, 0) is 4.79 Å². The molecule has 0 fully saturated rings. The number of anilines is 1. The number of carbonyl (C=O) groups excluding carboxylic acids is 2. The molecule has 1 amide bonds. The maximum Gasteiger partial charge on any atom is 0.256 e. The summed E-state index contributed by atoms with van der Waals surface area (Å²) in [6.07, 6.45) is 1.38. The second-order valence-electron chi connectivity index (χ2n) is 4.93. The van der Waals surface area contributed by atoms with Crippen molar-refractivity contribution in [3.05, 3.63) is 70.3 Å². The number of aryl methyl sites for hydroxylation is 1. The van der Waals surface area contributed by atoms with Crippen molar-refractivity contribution in [3.8, 4) is 0 Å². The molecule has 2 aromatic carbocycles. The number of hydrogen-bond donors (Lipinski definition) is 1. The molecule has 21 heavy (non-hydrogen) atoms. The molecular weight excluding hydrogens is 286 g/mol. The fraction of sp³-hybridized carbons (Fsp3) is 0.0588. The van der Waals surface area contributed by atoms with Gasteiger partial charge in [0, 0.05) is 21.8 Å². The van der Waals surface area contributed by atoms with Crippen LogP contribution >= 0.6 is 11.6 Å². The van der Waals surface area contributed by atoms with Gasteiger partial charge in [0.15, 0.2) is 5.78 Å². The molecule has 0 saturated carbocycles. The van der Waals surface area contributed by atoms with Gasteiger partial charge in [-0.2, -0.15) is 0 Å². The largest absolute Gasteiger partial charge is 0.321 e. The van der Waals surface area contributed by atoms with E-state index in [-0.39, 0.29) is 11.7 Å². The summed E-state index contributed by atoms with van der Waals surface area (Å²) in [5.41, 5.74) is 3.44. The Morgan fingerprint density at radius 1 is 1.14 bits per heavy atom. The lowest BCUT2D eigenvalue weighted by Gasteiger charge is -2.00. The third-order valence-electron chi connectivity index (χ3n) is 3.36. The molecule has 1 aliphatic heterocycles. The lowest BCUT2D eigenvalue weighted by Crippen LogP contribution is -2.05. The fourth-order valence-corrected chi connectivity index (χ4v) is 2.40. The summed E-state index contributed by atoms with van der Waals surface area (Å²) in [7, 11) is 0. The van der Waals surface area contributed by atoms with Crippen LogP contribution in [0.2, 0.25) is 5.02 Å². The van der Waals surface area contributed by atoms with Crippen molar-refractivity contribution < 1.29 is 9.59 Å². The molecule has 3 rings (SSSR count). The number of rotatable bonds is 2. The summed E-state index contributed by atoms with van der Waals surface area (Å²) < 4.78 is 0. The van der Waals surface area contributed by atoms with Gasteiger partial charge in [-0.15, -0.1) is 0 Å². The summed E-state index contributed by atoms with van der Waals surface area (Å²) in [6, 6.07) is 12.3. The van der Waals surface area contributed by atoms with Crippen LogP contribution in [0.4, 0.5) is 5.69 Å². The molecular formula is C17H12ClNO2. The predicted molar refractivity (Wildman–Crippen MR) is 83.6 cm³/mol. The number of nitrogens with one attached hydrogen (secondary N) is 1. The number of carbonyl (C=O) groups is 2. The fourth-order valence-electron chi connectivity index (χ4n) is 2.27. The van der Waals surface area contributed by atoms with Crippen LogP contribution in [-0.4, -0.2) is 11.7 Å². The van der Waals surface area contributed by atoms with Gasteiger partial charge in [0.1, 0.15) is 0 Å². The van der Waals surface area contributed by atoms with Crippen LogP contribution in [0.15, 0.2) is 48.5 Å². The van der Waals surface area contributed by atoms with Crippen LogP contribution in [0.5, 0.6) is 0 Å². The summed E-state index contributed by atoms with van der Waals surface area (Å²) in [4.78, 5) is 24.3. The number of benzene rings is 2. The van der Waals surface area contributed by atoms with E-state index in [1.807, 2.05) is 25.1 Å². The van der Waals surface area contributed by atoms with Crippen LogP contribution in [0.1, 0.15) is 21.5 Å². The predicted octanol–water partition coefficient (Wildman–Crippen LogP) is 3.87. The first kappa shape index (κ1) is 13.6. The number of halogens is 1. The van der Waals surface area contributed by atoms with E-state index >= 15 is 0 Å². The molecule has 1 aliphatic rings. The number of hydrogen-bond acceptors (Lipinski definition) is 2. The van der Waals surface area contributed by atoms with E-state index in [0.29, 0.717) is 16.2 Å². The Morgan fingerprint density at radius 3 is 2.57 bits per heavy atom. The first-order valence-corrected chi connectivity index (χ1v) is 6.86. The lowest BCUT2D eigenvalue weighted by atomic mass is 10.0. The van der Waals surface area contributed by atoms with E-state index in [2.05, 4.69) is 5.32 Å². The molecule has 2 aromatic rings. The van der Waals surface area contributed by atoms with Crippen molar-refractivity contribution >= 4 is 34.6 Å². The highest BCUT2D eigenvalue weighted by molar-refractivity contribution is 6.35. The molecule has 0 saturated heterocycles. The zero-order chi connectivity index (χ0) is 15.0. The molecule has 0 spiro atoms. The molecule has 0 radical (unpaired) electrons. The van der Waals surface area contributed by atoms with E-state index in [1.54, 1.807) is 24.3 Å². The van der Waals surface area contributed by atoms with Crippen molar-refractivity contribution in [3.63, 3.8) is 0 Å². The molecule has 0 aromatic heterocycles. The summed E-state index contributed by atoms with van der Waals surface area (Å²) in [5, 5.41) is 3.33. The van der Waals surface area contributed by atoms with Crippen LogP contribution in [0, 0.1) is 6.92 Å². The van der Waals surface area contributed by atoms with Gasteiger partial charge in [-0.25, -0.2) is 0 Å². The summed E-state index contributed by atoms with van der Waals surface area (Å²) >= 11 is 5.80. The van der Waals surface area contributed by atoms with Crippen molar-refractivity contribution in [1.82, 2.24) is 0 Å². The van der Waals surface area contributed by atoms with Gasteiger partial charge in [0.05, 0.1) is 5.57 Å². The smallest absolute Gasteiger partial charge is 0.256 e. The molecule has 4 heteroatoms. The average Bonchev–Trinajstić information content (AvgIpc) is 2.76. The van der Waals surface area contributed by atoms with Gasteiger partial charge in [0.2, 0.25) is 0 Å². The van der Waals surface area contributed by atoms with Crippen molar-refractivity contribution in [2.45, 2.75) is 6.92 Å². The van der Waals surface area contributed by atoms with Crippen LogP contribution in [0.3, 0.4) is 0 Å². The number of ketones is 1. The maximum atomic E-state index is 12.3. The zero-order valence-electron chi connectivity index (χ0n) is 11.3. The van der Waals surface area contributed by atoms with Gasteiger partial charge < -0.3 is 5.32 Å². The van der Waals surface area contributed by atoms with Gasteiger partial charge in [-0.3, -0.25) is 9.59 Å². The molecule has 0 aliphatic carbocycles. The monoisotopic (exact) mass is 297 g/mol. The molecule has 104 valence electrons. The van der Waals surface area contributed by atoms with Crippen molar-refractivity contribution in [2.24, 2.45) is 0 Å². The van der Waals surface area contributed by atoms with Crippen molar-refractivity contribution in [2.75, 3.05) is 5.32 Å². The maximum absolute atomic E-state index is 12.3. The molecule has 0 atom stereocenters. The molecule has 0 unspecified atom stereocenters. The van der Waals surface area contributed by atoms with Crippen LogP contribution < -0.4 is 5.32 Å². The van der Waals surface area contributed by atoms with E-state index in [9.17, 15) is 9.59 Å². The number of amides is 1. The highest BCUT2D eigenvalue weighted by Gasteiger charge is 2.25. The lowest BCUT2D eigenvalue weighted by molar-refractivity contribution is -0.110. The third-order valence-corrected chi connectivity index (χ3v) is 3.61. The topological polar surface area (TPSA) is 46.2 Å². The average molecular weight is 298 g/mol. The second kappa shape index (κ2) is 5.19. The van der Waals surface area contributed by atoms with Gasteiger partial charge in [-0.05, 0) is 49.4 Å². The van der Waals surface area contributed by atoms with Crippen molar-refractivity contribution in [1.29, 1.82) is 0 Å². The SMILES string of the molecule is Cc1ccc2c(c1)/C(=C\C(=O)c1ccc(Cl)cc1)C(=O)N2. The first-order valence-electron chi connectivity index (χ1n) is 6.48. The Balaban J connectivity index is 2.00. The van der Waals surface area contributed by atoms with E-state index in [0.717, 1.165) is 16.8 Å². The highest BCUT2D eigenvalue weighted by Crippen LogP contribution is 2.32. The van der Waals surface area contributed by atoms with Crippen LogP contribution in [0.25, 0.3) is 5.57 Å². The standard InChI is InChI=1S/C17H12ClNO2/c1-10-2-7-15-13(8-10)14(17(21)19-15)9-16(20)11-3-5-12(18)6-4-11/h2-9H,1H3,(H,19,21)/b14-9+. The van der Waals surface area contributed by atoms with Gasteiger partial charge in [-0.1, -0.05) is 23.2 Å². The first-order chi connectivity index (χ1) is 10.0. The Hall–Kier alpha value is -2.39. The second-order valence-corrected chi connectivity index (χ2v) is 5.37. The van der Waals surface area contributed by atoms with E-state index < -0.39 is 0 Å². The summed E-state index contributed by atoms with van der Waals surface area (Å²) in [6.45, 7) is 1.95. The van der Waals surface area contributed by atoms with Gasteiger partial charge in [0.25, 0.3) is 5.91 Å². The highest BCUT2D eigenvalue weighted by atomic mass is 35.5. The number of allylic oxidation sites excluding steroid dienone is 1. The normalized spacial score (nSPS) is 15.0. The minimum atomic E-state index is -0.252. The Bertz CT molecular complexity index is 776. The number of fused-ring (bicyclic) bond motifs is 1. The van der Waals surface area contributed by atoms with E-state index in [1.165, 1.54) is 6.08 Å². The molecule has 1 N–H and O–H groups in total. The minimum Gasteiger partial charge on any atom is -0.321 e. The molecule has 0 bridgehead atoms. The molecule has 3 nitrogen and oxygen atoms in total. The Morgan fingerprint density at radius 2 is 1.86 bits per heavy atom. The minimum absolute atomic E-state index is 0.217. The van der Waals surface area contributed by atoms with Gasteiger partial charge >= 0.3 is 0 Å². The third kappa shape index (κ3) is 2.60. The summed E-state index contributed by atoms with van der Waals surface area (Å²) in [5.74, 6) is -0.468. The quantitative estimate of drug-likeness (QED) is 0.675. The Kier molecular flexibility index (Phi) is 3.35. The Labute approximate surface area is 127 Å². The molecule has 1 heterocycles. The van der Waals surface area contributed by atoms with E-state index in [4.69, 9.17) is 11.6 Å².